The number of hydrogen-bond acceptors (Lipinski definition) is 2. The van der Waals surface area contributed by atoms with Crippen molar-refractivity contribution in [3.8, 4) is 0 Å². The molecule has 1 heterocycles. The van der Waals surface area contributed by atoms with Crippen LogP contribution < -0.4 is 10.2 Å². The number of rotatable bonds is 0. The number of benzene rings is 1. The molecule has 0 unspecified atom stereocenters. The summed E-state index contributed by atoms with van der Waals surface area (Å²) in [5.41, 5.74) is 1.24. The summed E-state index contributed by atoms with van der Waals surface area (Å²) in [6.07, 6.45) is 0. The molecule has 0 aliphatic rings. The van der Waals surface area contributed by atoms with Crippen molar-refractivity contribution in [1.29, 1.82) is 0 Å². The first kappa shape index (κ1) is 7.65. The average Bonchev–Trinajstić information content (AvgIpc) is 2.44. The second-order valence-corrected chi connectivity index (χ2v) is 4.66. The quantitative estimate of drug-likeness (QED) is 0.384. The van der Waals surface area contributed by atoms with Crippen LogP contribution in [0.25, 0.3) is 9.78 Å². The number of aromatic nitrogens is 1. The summed E-state index contributed by atoms with van der Waals surface area (Å²) in [4.78, 5) is 0. The molecular formula is C8H9N3Se. The predicted octanol–water partition coefficient (Wildman–Crippen LogP) is 0.00970. The summed E-state index contributed by atoms with van der Waals surface area (Å²) in [5.74, 6) is 5.27. The summed E-state index contributed by atoms with van der Waals surface area (Å²) in [6, 6.07) is 8.30. The molecule has 2 aromatic rings. The maximum absolute atomic E-state index is 5.27. The van der Waals surface area contributed by atoms with Gasteiger partial charge in [-0.2, -0.15) is 0 Å². The molecule has 2 N–H and O–H groups in total. The van der Waals surface area contributed by atoms with Gasteiger partial charge in [0, 0.05) is 0 Å². The molecule has 0 saturated carbocycles. The second kappa shape index (κ2) is 2.81. The third-order valence-corrected chi connectivity index (χ3v) is 4.19. The summed E-state index contributed by atoms with van der Waals surface area (Å²) in [7, 11) is 2.00. The molecular weight excluding hydrogens is 217 g/mol. The Balaban J connectivity index is 2.98. The van der Waals surface area contributed by atoms with Crippen molar-refractivity contribution >= 4 is 24.3 Å². The van der Waals surface area contributed by atoms with E-state index in [9.17, 15) is 0 Å². The van der Waals surface area contributed by atoms with Gasteiger partial charge in [0.15, 0.2) is 0 Å². The average molecular weight is 226 g/mol. The van der Waals surface area contributed by atoms with Crippen LogP contribution in [0.5, 0.6) is 0 Å². The molecule has 0 radical (unpaired) electrons. The van der Waals surface area contributed by atoms with Gasteiger partial charge in [-0.25, -0.2) is 0 Å². The van der Waals surface area contributed by atoms with E-state index in [4.69, 9.17) is 5.84 Å². The van der Waals surface area contributed by atoms with E-state index < -0.39 is 0 Å². The standard InChI is InChI=1S/C8H9N3Se/c1-11-6-4-2-3-5-7(6)12-8(11)10-9/h2-5H,9H2,1H3/b10-8+. The van der Waals surface area contributed by atoms with E-state index in [1.807, 2.05) is 19.2 Å². The number of nitrogens with zero attached hydrogens (tertiary/aromatic N) is 2. The van der Waals surface area contributed by atoms with Crippen LogP contribution >= 0.6 is 0 Å². The summed E-state index contributed by atoms with van der Waals surface area (Å²) >= 11 is 0.292. The second-order valence-electron chi connectivity index (χ2n) is 2.54. The summed E-state index contributed by atoms with van der Waals surface area (Å²) in [6.45, 7) is 0. The van der Waals surface area contributed by atoms with Crippen LogP contribution in [0, 0.1) is 0 Å². The molecule has 12 heavy (non-hydrogen) atoms. The van der Waals surface area contributed by atoms with E-state index in [0.717, 1.165) is 4.36 Å². The van der Waals surface area contributed by atoms with E-state index in [-0.39, 0.29) is 0 Å². The van der Waals surface area contributed by atoms with Crippen molar-refractivity contribution in [2.24, 2.45) is 18.0 Å². The third-order valence-electron chi connectivity index (χ3n) is 1.83. The fourth-order valence-electron chi connectivity index (χ4n) is 1.20. The normalized spacial score (nSPS) is 12.6. The van der Waals surface area contributed by atoms with Crippen molar-refractivity contribution < 1.29 is 0 Å². The molecule has 1 aromatic heterocycles. The van der Waals surface area contributed by atoms with Crippen LogP contribution in [0.1, 0.15) is 0 Å². The SMILES string of the molecule is Cn1/c(=N\N)[se]c2ccccc21. The van der Waals surface area contributed by atoms with Gasteiger partial charge in [0.2, 0.25) is 0 Å². The Morgan fingerprint density at radius 2 is 2.17 bits per heavy atom. The van der Waals surface area contributed by atoms with Crippen molar-refractivity contribution in [1.82, 2.24) is 4.57 Å². The third kappa shape index (κ3) is 1.00. The van der Waals surface area contributed by atoms with Crippen LogP contribution in [-0.2, 0) is 7.05 Å². The molecule has 0 aliphatic heterocycles. The topological polar surface area (TPSA) is 43.3 Å². The molecule has 0 bridgehead atoms. The maximum atomic E-state index is 5.27. The molecule has 0 saturated heterocycles. The van der Waals surface area contributed by atoms with Gasteiger partial charge in [-0.3, -0.25) is 0 Å². The Bertz CT molecular complexity index is 466. The van der Waals surface area contributed by atoms with Crippen molar-refractivity contribution in [3.05, 3.63) is 28.6 Å². The Morgan fingerprint density at radius 3 is 2.83 bits per heavy atom. The fourth-order valence-corrected chi connectivity index (χ4v) is 3.18. The summed E-state index contributed by atoms with van der Waals surface area (Å²) < 4.78 is 4.40. The van der Waals surface area contributed by atoms with E-state index >= 15 is 0 Å². The van der Waals surface area contributed by atoms with Crippen LogP contribution in [0.4, 0.5) is 0 Å². The molecule has 0 spiro atoms. The molecule has 4 heteroatoms. The van der Waals surface area contributed by atoms with Gasteiger partial charge >= 0.3 is 75.5 Å². The van der Waals surface area contributed by atoms with Gasteiger partial charge in [-0.05, 0) is 0 Å². The van der Waals surface area contributed by atoms with Crippen LogP contribution in [0.2, 0.25) is 0 Å². The zero-order valence-corrected chi connectivity index (χ0v) is 8.40. The monoisotopic (exact) mass is 227 g/mol. The molecule has 0 aliphatic carbocycles. The van der Waals surface area contributed by atoms with Gasteiger partial charge in [-0.15, -0.1) is 0 Å². The van der Waals surface area contributed by atoms with E-state index in [1.54, 1.807) is 0 Å². The first-order valence-corrected chi connectivity index (χ1v) is 5.32. The van der Waals surface area contributed by atoms with Gasteiger partial charge in [0.1, 0.15) is 0 Å². The molecule has 0 atom stereocenters. The van der Waals surface area contributed by atoms with Crippen molar-refractivity contribution in [2.45, 2.75) is 0 Å². The molecule has 62 valence electrons. The number of fused-ring (bicyclic) bond motifs is 1. The first-order chi connectivity index (χ1) is 5.83. The number of hydrogen-bond donors (Lipinski definition) is 1. The Hall–Kier alpha value is -0.991. The molecule has 3 nitrogen and oxygen atoms in total. The first-order valence-electron chi connectivity index (χ1n) is 3.61. The van der Waals surface area contributed by atoms with Crippen molar-refractivity contribution in [3.63, 3.8) is 0 Å². The summed E-state index contributed by atoms with van der Waals surface area (Å²) in [5, 5.41) is 3.75. The van der Waals surface area contributed by atoms with Gasteiger partial charge in [-0.1, -0.05) is 0 Å². The zero-order valence-electron chi connectivity index (χ0n) is 6.69. The Labute approximate surface area is 75.9 Å². The van der Waals surface area contributed by atoms with Gasteiger partial charge < -0.3 is 0 Å². The predicted molar refractivity (Wildman–Crippen MR) is 49.6 cm³/mol. The van der Waals surface area contributed by atoms with Crippen LogP contribution in [0.15, 0.2) is 29.4 Å². The molecule has 2 rings (SSSR count). The Morgan fingerprint density at radius 1 is 1.42 bits per heavy atom. The van der Waals surface area contributed by atoms with Gasteiger partial charge in [0.25, 0.3) is 0 Å². The minimum absolute atomic E-state index is 0.292. The van der Waals surface area contributed by atoms with Crippen LogP contribution in [0.3, 0.4) is 0 Å². The fraction of sp³-hybridized carbons (Fsp3) is 0.125. The van der Waals surface area contributed by atoms with Crippen LogP contribution in [-0.4, -0.2) is 19.1 Å². The van der Waals surface area contributed by atoms with Crippen molar-refractivity contribution in [2.75, 3.05) is 0 Å². The minimum atomic E-state index is 0.292. The van der Waals surface area contributed by atoms with E-state index in [0.29, 0.717) is 14.5 Å². The number of nitrogens with two attached hydrogens (primary N) is 1. The zero-order chi connectivity index (χ0) is 8.55. The molecule has 0 amide bonds. The number of aryl methyl sites for hydroxylation is 1. The Kier molecular flexibility index (Phi) is 1.79. The molecule has 0 fully saturated rings. The number of para-hydroxylation sites is 1. The van der Waals surface area contributed by atoms with Gasteiger partial charge in [0.05, 0.1) is 0 Å². The molecule has 1 aromatic carbocycles. The van der Waals surface area contributed by atoms with E-state index in [2.05, 4.69) is 21.8 Å². The van der Waals surface area contributed by atoms with E-state index in [1.165, 1.54) is 9.78 Å².